The summed E-state index contributed by atoms with van der Waals surface area (Å²) in [5, 5.41) is 4.89. The summed E-state index contributed by atoms with van der Waals surface area (Å²) in [6.45, 7) is 0. The molecule has 0 spiro atoms. The molecule has 0 amide bonds. The minimum atomic E-state index is 0.794. The van der Waals surface area contributed by atoms with Gasteiger partial charge in [-0.05, 0) is 83.4 Å². The average Bonchev–Trinajstić information content (AvgIpc) is 3.76. The lowest BCUT2D eigenvalue weighted by molar-refractivity contribution is 0.445. The van der Waals surface area contributed by atoms with E-state index in [4.69, 9.17) is 9.47 Å². The zero-order chi connectivity index (χ0) is 34.6. The number of anilines is 3. The molecule has 8 aromatic carbocycles. The fraction of sp³-hybridized carbons (Fsp3) is 0. The lowest BCUT2D eigenvalue weighted by Gasteiger charge is -2.28. The molecule has 2 aliphatic rings. The summed E-state index contributed by atoms with van der Waals surface area (Å²) in [6, 6.07) is 60.7. The highest BCUT2D eigenvalue weighted by Crippen LogP contribution is 2.56. The number of benzene rings is 8. The van der Waals surface area contributed by atoms with Crippen molar-refractivity contribution in [1.29, 1.82) is 0 Å². The lowest BCUT2D eigenvalue weighted by atomic mass is 9.99. The number of aromatic nitrogens is 1. The summed E-state index contributed by atoms with van der Waals surface area (Å²) in [5.41, 5.74) is 10.9. The number of nitrogens with zero attached hydrogens (tertiary/aromatic N) is 2. The highest BCUT2D eigenvalue weighted by Gasteiger charge is 2.33. The summed E-state index contributed by atoms with van der Waals surface area (Å²) >= 11 is 1.84. The minimum absolute atomic E-state index is 0.794. The van der Waals surface area contributed by atoms with Gasteiger partial charge >= 0.3 is 0 Å². The summed E-state index contributed by atoms with van der Waals surface area (Å²) in [6.07, 6.45) is 0. The maximum atomic E-state index is 6.87. The molecule has 0 atom stereocenters. The van der Waals surface area contributed by atoms with Crippen LogP contribution in [-0.4, -0.2) is 4.57 Å². The van der Waals surface area contributed by atoms with E-state index in [0.717, 1.165) is 78.7 Å². The van der Waals surface area contributed by atoms with Gasteiger partial charge in [-0.3, -0.25) is 4.57 Å². The third-order valence-electron chi connectivity index (χ3n) is 10.7. The number of thiophene rings is 1. The van der Waals surface area contributed by atoms with E-state index in [1.807, 2.05) is 29.5 Å². The summed E-state index contributed by atoms with van der Waals surface area (Å²) in [4.78, 5) is 2.38. The van der Waals surface area contributed by atoms with Crippen molar-refractivity contribution >= 4 is 70.4 Å². The van der Waals surface area contributed by atoms with Gasteiger partial charge in [-0.15, -0.1) is 11.3 Å². The third kappa shape index (κ3) is 4.17. The minimum Gasteiger partial charge on any atom is -0.453 e. The second-order valence-electron chi connectivity index (χ2n) is 13.7. The van der Waals surface area contributed by atoms with Crippen molar-refractivity contribution in [2.75, 3.05) is 4.90 Å². The topological polar surface area (TPSA) is 26.6 Å². The van der Waals surface area contributed by atoms with Gasteiger partial charge in [-0.25, -0.2) is 0 Å². The van der Waals surface area contributed by atoms with Crippen LogP contribution in [0.2, 0.25) is 0 Å². The highest BCUT2D eigenvalue weighted by molar-refractivity contribution is 7.25. The molecule has 10 aromatic rings. The molecule has 2 aromatic heterocycles. The predicted octanol–water partition coefficient (Wildman–Crippen LogP) is 14.2. The van der Waals surface area contributed by atoms with E-state index in [0.29, 0.717) is 0 Å². The zero-order valence-electron chi connectivity index (χ0n) is 28.3. The number of para-hydroxylation sites is 2. The third-order valence-corrected chi connectivity index (χ3v) is 11.9. The van der Waals surface area contributed by atoms with Crippen LogP contribution in [0.3, 0.4) is 0 Å². The Morgan fingerprint density at radius 3 is 1.92 bits per heavy atom. The van der Waals surface area contributed by atoms with E-state index in [2.05, 4.69) is 161 Å². The fourth-order valence-electron chi connectivity index (χ4n) is 8.41. The van der Waals surface area contributed by atoms with Crippen LogP contribution in [0.1, 0.15) is 0 Å². The normalized spacial score (nSPS) is 12.5. The Hall–Kier alpha value is -6.82. The lowest BCUT2D eigenvalue weighted by Crippen LogP contribution is -2.11. The molecule has 53 heavy (non-hydrogen) atoms. The first-order valence-corrected chi connectivity index (χ1v) is 18.7. The summed E-state index contributed by atoms with van der Waals surface area (Å²) in [5.74, 6) is 3.33. The molecule has 0 unspecified atom stereocenters. The van der Waals surface area contributed by atoms with E-state index in [1.54, 1.807) is 0 Å². The maximum absolute atomic E-state index is 6.87. The van der Waals surface area contributed by atoms with Crippen molar-refractivity contribution in [2.45, 2.75) is 0 Å². The Balaban J connectivity index is 1.07. The van der Waals surface area contributed by atoms with Crippen LogP contribution in [0.4, 0.5) is 17.1 Å². The van der Waals surface area contributed by atoms with Crippen molar-refractivity contribution in [3.8, 4) is 50.9 Å². The molecule has 0 N–H and O–H groups in total. The Labute approximate surface area is 308 Å². The Bertz CT molecular complexity index is 3140. The van der Waals surface area contributed by atoms with Crippen LogP contribution < -0.4 is 14.4 Å². The number of fused-ring (bicyclic) bond motifs is 4. The molecule has 0 bridgehead atoms. The molecule has 0 fully saturated rings. The quantitative estimate of drug-likeness (QED) is 0.179. The van der Waals surface area contributed by atoms with Crippen LogP contribution in [0.15, 0.2) is 170 Å². The predicted molar refractivity (Wildman–Crippen MR) is 219 cm³/mol. The summed E-state index contributed by atoms with van der Waals surface area (Å²) < 4.78 is 18.2. The highest BCUT2D eigenvalue weighted by atomic mass is 32.1. The standard InChI is InChI=1S/C48H28N2O2S/c1-2-10-29(11-3-1)30-12-6-14-32(26-30)49(34-22-23-37-36-16-4-5-21-43(36)53-44(37)28-34)33-15-7-13-31(27-33)35-24-25-39-38-17-8-18-40-45(38)50-46(39)48(35)52-42-20-9-19-41(51-40)47(42)50/h1-28H. The van der Waals surface area contributed by atoms with Crippen molar-refractivity contribution in [1.82, 2.24) is 4.57 Å². The van der Waals surface area contributed by atoms with Gasteiger partial charge < -0.3 is 14.4 Å². The van der Waals surface area contributed by atoms with Gasteiger partial charge in [-0.1, -0.05) is 103 Å². The fourth-order valence-corrected chi connectivity index (χ4v) is 9.55. The van der Waals surface area contributed by atoms with Crippen molar-refractivity contribution in [3.63, 3.8) is 0 Å². The molecular weight excluding hydrogens is 669 g/mol. The monoisotopic (exact) mass is 696 g/mol. The van der Waals surface area contributed by atoms with Gasteiger partial charge in [0.15, 0.2) is 23.0 Å². The number of hydrogen-bond acceptors (Lipinski definition) is 4. The van der Waals surface area contributed by atoms with Crippen molar-refractivity contribution in [3.05, 3.63) is 170 Å². The van der Waals surface area contributed by atoms with Crippen LogP contribution in [0.5, 0.6) is 23.0 Å². The molecule has 12 rings (SSSR count). The Morgan fingerprint density at radius 2 is 1.04 bits per heavy atom. The van der Waals surface area contributed by atoms with Gasteiger partial charge in [0.2, 0.25) is 0 Å². The molecule has 0 saturated heterocycles. The first kappa shape index (κ1) is 28.8. The number of ether oxygens (including phenoxy) is 2. The second-order valence-corrected chi connectivity index (χ2v) is 14.8. The van der Waals surface area contributed by atoms with Gasteiger partial charge in [-0.2, -0.15) is 0 Å². The Kier molecular flexibility index (Phi) is 5.90. The van der Waals surface area contributed by atoms with Gasteiger partial charge in [0.1, 0.15) is 5.69 Å². The van der Waals surface area contributed by atoms with E-state index >= 15 is 0 Å². The SMILES string of the molecule is c1ccc(-c2cccc(N(c3cccc(-c4ccc5c6cccc7c6n6c5c4Oc4cccc(c4-6)O7)c3)c3ccc4c(c3)sc3ccccc34)c2)cc1. The van der Waals surface area contributed by atoms with Crippen LogP contribution >= 0.6 is 11.3 Å². The zero-order valence-corrected chi connectivity index (χ0v) is 29.1. The average molecular weight is 697 g/mol. The largest absolute Gasteiger partial charge is 0.453 e. The molecule has 0 radical (unpaired) electrons. The van der Waals surface area contributed by atoms with Crippen molar-refractivity contribution < 1.29 is 9.47 Å². The molecule has 4 heterocycles. The van der Waals surface area contributed by atoms with E-state index in [-0.39, 0.29) is 0 Å². The maximum Gasteiger partial charge on any atom is 0.160 e. The van der Waals surface area contributed by atoms with Crippen molar-refractivity contribution in [2.24, 2.45) is 0 Å². The number of hydrogen-bond donors (Lipinski definition) is 0. The van der Waals surface area contributed by atoms with Crippen LogP contribution in [0.25, 0.3) is 69.9 Å². The van der Waals surface area contributed by atoms with Gasteiger partial charge in [0.05, 0.1) is 11.0 Å². The molecule has 248 valence electrons. The van der Waals surface area contributed by atoms with E-state index in [9.17, 15) is 0 Å². The van der Waals surface area contributed by atoms with Crippen LogP contribution in [0, 0.1) is 0 Å². The molecule has 0 saturated carbocycles. The van der Waals surface area contributed by atoms with E-state index < -0.39 is 0 Å². The first-order chi connectivity index (χ1) is 26.3. The smallest absolute Gasteiger partial charge is 0.160 e. The molecule has 5 heteroatoms. The molecule has 0 aliphatic carbocycles. The molecule has 4 nitrogen and oxygen atoms in total. The van der Waals surface area contributed by atoms with Crippen LogP contribution in [-0.2, 0) is 0 Å². The second kappa shape index (κ2) is 10.8. The van der Waals surface area contributed by atoms with E-state index in [1.165, 1.54) is 31.3 Å². The molecular formula is C48H28N2O2S. The number of rotatable bonds is 5. The summed E-state index contributed by atoms with van der Waals surface area (Å²) in [7, 11) is 0. The van der Waals surface area contributed by atoms with Gasteiger partial charge in [0, 0.05) is 53.6 Å². The molecule has 2 aliphatic heterocycles. The van der Waals surface area contributed by atoms with Gasteiger partial charge in [0.25, 0.3) is 0 Å². The Morgan fingerprint density at radius 1 is 0.415 bits per heavy atom. The first-order valence-electron chi connectivity index (χ1n) is 17.8.